The van der Waals surface area contributed by atoms with Crippen LogP contribution in [-0.2, 0) is 24.3 Å². The number of amides is 1. The van der Waals surface area contributed by atoms with Crippen molar-refractivity contribution in [3.8, 4) is 10.6 Å². The third-order valence-corrected chi connectivity index (χ3v) is 8.29. The summed E-state index contributed by atoms with van der Waals surface area (Å²) in [6, 6.07) is 19.6. The Bertz CT molecular complexity index is 1510. The molecular weight excluding hydrogens is 498 g/mol. The molecule has 1 amide bonds. The summed E-state index contributed by atoms with van der Waals surface area (Å²) in [6.07, 6.45) is 0. The number of esters is 1. The highest BCUT2D eigenvalue weighted by molar-refractivity contribution is 7.89. The van der Waals surface area contributed by atoms with E-state index >= 15 is 0 Å². The third kappa shape index (κ3) is 5.96. The van der Waals surface area contributed by atoms with Crippen molar-refractivity contribution in [1.29, 1.82) is 0 Å². The average Bonchev–Trinajstić information content (AvgIpc) is 3.26. The van der Waals surface area contributed by atoms with Crippen LogP contribution >= 0.6 is 11.3 Å². The van der Waals surface area contributed by atoms with Gasteiger partial charge in [0.05, 0.1) is 15.1 Å². The van der Waals surface area contributed by atoms with Crippen LogP contribution < -0.4 is 5.32 Å². The van der Waals surface area contributed by atoms with Gasteiger partial charge in [-0.1, -0.05) is 23.8 Å². The predicted octanol–water partition coefficient (Wildman–Crippen LogP) is 4.38. The van der Waals surface area contributed by atoms with E-state index in [1.165, 1.54) is 24.7 Å². The molecule has 0 saturated carbocycles. The second-order valence-corrected chi connectivity index (χ2v) is 11.4. The van der Waals surface area contributed by atoms with Crippen LogP contribution in [0.2, 0.25) is 0 Å². The van der Waals surface area contributed by atoms with Crippen LogP contribution in [0.1, 0.15) is 11.1 Å². The van der Waals surface area contributed by atoms with E-state index in [-0.39, 0.29) is 4.90 Å². The molecule has 8 nitrogen and oxygen atoms in total. The van der Waals surface area contributed by atoms with Crippen LogP contribution in [0, 0.1) is 13.8 Å². The zero-order valence-electron chi connectivity index (χ0n) is 20.0. The molecule has 10 heteroatoms. The number of aromatic nitrogens is 1. The van der Waals surface area contributed by atoms with Crippen LogP contribution in [0.25, 0.3) is 20.8 Å². The lowest BCUT2D eigenvalue weighted by Crippen LogP contribution is -2.34. The Morgan fingerprint density at radius 3 is 2.33 bits per heavy atom. The number of carbonyl (C=O) groups excluding carboxylic acids is 2. The molecule has 4 rings (SSSR count). The van der Waals surface area contributed by atoms with Gasteiger partial charge >= 0.3 is 5.97 Å². The van der Waals surface area contributed by atoms with Crippen molar-refractivity contribution in [3.05, 3.63) is 77.9 Å². The van der Waals surface area contributed by atoms with Crippen molar-refractivity contribution in [2.75, 3.05) is 25.5 Å². The number of fused-ring (bicyclic) bond motifs is 1. The number of sulfonamides is 1. The quantitative estimate of drug-likeness (QED) is 0.344. The molecule has 186 valence electrons. The number of nitrogens with one attached hydrogen (secondary N) is 1. The number of likely N-dealkylation sites (N-methyl/N-ethyl adjacent to an activating group) is 1. The number of anilines is 1. The van der Waals surface area contributed by atoms with Crippen LogP contribution in [0.5, 0.6) is 0 Å². The van der Waals surface area contributed by atoms with Gasteiger partial charge in [0.15, 0.2) is 6.61 Å². The van der Waals surface area contributed by atoms with E-state index in [4.69, 9.17) is 4.74 Å². The summed E-state index contributed by atoms with van der Waals surface area (Å²) >= 11 is 1.60. The molecule has 0 radical (unpaired) electrons. The first-order valence-corrected chi connectivity index (χ1v) is 13.3. The fourth-order valence-corrected chi connectivity index (χ4v) is 5.58. The minimum Gasteiger partial charge on any atom is -0.455 e. The number of carbonyl (C=O) groups is 2. The first-order valence-electron chi connectivity index (χ1n) is 11.1. The summed E-state index contributed by atoms with van der Waals surface area (Å²) in [7, 11) is -2.57. The Kier molecular flexibility index (Phi) is 7.48. The maximum atomic E-state index is 12.6. The maximum Gasteiger partial charge on any atom is 0.321 e. The molecule has 0 bridgehead atoms. The number of hydrogen-bond donors (Lipinski definition) is 1. The molecule has 0 aliphatic heterocycles. The zero-order valence-corrected chi connectivity index (χ0v) is 21.7. The standard InChI is InChI=1S/C26H25N3O5S2/c1-17-4-11-21(12-5-17)36(32,33)29(3)15-25(31)34-16-24(30)27-20-9-7-19(8-10-20)26-28-22-13-6-18(2)14-23(22)35-26/h4-14H,15-16H2,1-3H3,(H,27,30). The Morgan fingerprint density at radius 2 is 1.64 bits per heavy atom. The van der Waals surface area contributed by atoms with Gasteiger partial charge in [-0.05, 0) is 67.9 Å². The van der Waals surface area contributed by atoms with Gasteiger partial charge in [-0.3, -0.25) is 9.59 Å². The average molecular weight is 524 g/mol. The topological polar surface area (TPSA) is 106 Å². The largest absolute Gasteiger partial charge is 0.455 e. The Labute approximate surface area is 213 Å². The number of hydrogen-bond acceptors (Lipinski definition) is 7. The van der Waals surface area contributed by atoms with Gasteiger partial charge in [-0.2, -0.15) is 4.31 Å². The molecule has 4 aromatic rings. The van der Waals surface area contributed by atoms with Crippen molar-refractivity contribution in [1.82, 2.24) is 9.29 Å². The highest BCUT2D eigenvalue weighted by Crippen LogP contribution is 2.31. The first-order chi connectivity index (χ1) is 17.1. The molecule has 0 aliphatic rings. The minimum atomic E-state index is -3.85. The lowest BCUT2D eigenvalue weighted by molar-refractivity contribution is -0.147. The van der Waals surface area contributed by atoms with E-state index in [2.05, 4.69) is 16.4 Å². The molecule has 0 saturated heterocycles. The van der Waals surface area contributed by atoms with Crippen LogP contribution in [-0.4, -0.2) is 49.8 Å². The third-order valence-electron chi connectivity index (χ3n) is 5.40. The molecule has 36 heavy (non-hydrogen) atoms. The molecule has 3 aromatic carbocycles. The zero-order chi connectivity index (χ0) is 25.9. The van der Waals surface area contributed by atoms with E-state index in [1.54, 1.807) is 35.6 Å². The molecule has 1 aromatic heterocycles. The minimum absolute atomic E-state index is 0.0746. The summed E-state index contributed by atoms with van der Waals surface area (Å²) in [4.78, 5) is 29.1. The van der Waals surface area contributed by atoms with Gasteiger partial charge in [0.1, 0.15) is 11.6 Å². The monoisotopic (exact) mass is 523 g/mol. The highest BCUT2D eigenvalue weighted by atomic mass is 32.2. The Balaban J connectivity index is 1.29. The Hall–Kier alpha value is -3.60. The van der Waals surface area contributed by atoms with Crippen molar-refractivity contribution >= 4 is 49.1 Å². The summed E-state index contributed by atoms with van der Waals surface area (Å²) in [5.41, 5.74) is 4.50. The van der Waals surface area contributed by atoms with E-state index in [9.17, 15) is 18.0 Å². The smallest absolute Gasteiger partial charge is 0.321 e. The molecule has 0 atom stereocenters. The number of thiazole rings is 1. The van der Waals surface area contributed by atoms with E-state index < -0.39 is 35.1 Å². The molecule has 0 aliphatic carbocycles. The van der Waals surface area contributed by atoms with Crippen LogP contribution in [0.3, 0.4) is 0 Å². The number of aryl methyl sites for hydroxylation is 2. The number of benzene rings is 3. The van der Waals surface area contributed by atoms with Crippen molar-refractivity contribution in [2.24, 2.45) is 0 Å². The fraction of sp³-hybridized carbons (Fsp3) is 0.192. The number of rotatable bonds is 8. The lowest BCUT2D eigenvalue weighted by atomic mass is 10.2. The summed E-state index contributed by atoms with van der Waals surface area (Å²) < 4.78 is 32.1. The van der Waals surface area contributed by atoms with Gasteiger partial charge in [0, 0.05) is 18.3 Å². The van der Waals surface area contributed by atoms with Crippen molar-refractivity contribution in [3.63, 3.8) is 0 Å². The second kappa shape index (κ2) is 10.6. The molecule has 1 N–H and O–H groups in total. The van der Waals surface area contributed by atoms with Crippen molar-refractivity contribution < 1.29 is 22.7 Å². The van der Waals surface area contributed by atoms with E-state index in [0.29, 0.717) is 5.69 Å². The van der Waals surface area contributed by atoms with E-state index in [1.807, 2.05) is 38.1 Å². The molecular formula is C26H25N3O5S2. The molecule has 0 spiro atoms. The lowest BCUT2D eigenvalue weighted by Gasteiger charge is -2.16. The normalized spacial score (nSPS) is 11.6. The first kappa shape index (κ1) is 25.5. The fourth-order valence-electron chi connectivity index (χ4n) is 3.40. The van der Waals surface area contributed by atoms with Crippen molar-refractivity contribution in [2.45, 2.75) is 18.7 Å². The summed E-state index contributed by atoms with van der Waals surface area (Å²) in [6.45, 7) is 2.84. The van der Waals surface area contributed by atoms with Gasteiger partial charge in [0.2, 0.25) is 10.0 Å². The van der Waals surface area contributed by atoms with Crippen LogP contribution in [0.15, 0.2) is 71.6 Å². The van der Waals surface area contributed by atoms with Gasteiger partial charge in [-0.15, -0.1) is 11.3 Å². The molecule has 0 unspecified atom stereocenters. The number of ether oxygens (including phenoxy) is 1. The number of nitrogens with zero attached hydrogens (tertiary/aromatic N) is 2. The van der Waals surface area contributed by atoms with Gasteiger partial charge < -0.3 is 10.1 Å². The Morgan fingerprint density at radius 1 is 0.972 bits per heavy atom. The predicted molar refractivity (Wildman–Crippen MR) is 140 cm³/mol. The van der Waals surface area contributed by atoms with Gasteiger partial charge in [0.25, 0.3) is 5.91 Å². The molecule has 0 fully saturated rings. The second-order valence-electron chi connectivity index (χ2n) is 8.35. The van der Waals surface area contributed by atoms with Gasteiger partial charge in [-0.25, -0.2) is 13.4 Å². The maximum absolute atomic E-state index is 12.6. The van der Waals surface area contributed by atoms with E-state index in [0.717, 1.165) is 30.7 Å². The van der Waals surface area contributed by atoms with Crippen LogP contribution in [0.4, 0.5) is 5.69 Å². The molecule has 1 heterocycles. The summed E-state index contributed by atoms with van der Waals surface area (Å²) in [5, 5.41) is 3.54. The highest BCUT2D eigenvalue weighted by Gasteiger charge is 2.23. The SMILES string of the molecule is Cc1ccc(S(=O)(=O)N(C)CC(=O)OCC(=O)Nc2ccc(-c3nc4ccc(C)cc4s3)cc2)cc1. The summed E-state index contributed by atoms with van der Waals surface area (Å²) in [5.74, 6) is -1.36.